The topological polar surface area (TPSA) is 164 Å². The van der Waals surface area contributed by atoms with Crippen LogP contribution >= 0.6 is 0 Å². The number of carbonyl (C=O) groups is 4. The molecule has 11 atom stereocenters. The molecule has 6 aliphatic rings. The SMILES string of the molecule is CCCCOC(=O)CO[C@@H]1C(=O)O[C@@H]2O[C@]34C(=O)OC5C[C@@H](CCCC)C21C53[C@H](O)C1OC(=O)C(C)[C@]14O. The number of unbranched alkanes of at least 4 members (excludes halogenated alkanes) is 2. The third-order valence-corrected chi connectivity index (χ3v) is 10.1. The minimum Gasteiger partial charge on any atom is -0.464 e. The summed E-state index contributed by atoms with van der Waals surface area (Å²) in [7, 11) is 0. The van der Waals surface area contributed by atoms with Crippen molar-refractivity contribution in [1.29, 1.82) is 0 Å². The number of hydrogen-bond acceptors (Lipinski definition) is 12. The average molecular weight is 539 g/mol. The quantitative estimate of drug-likeness (QED) is 0.232. The van der Waals surface area contributed by atoms with Crippen LogP contribution in [0.25, 0.3) is 0 Å². The second kappa shape index (κ2) is 8.36. The molecule has 0 aromatic carbocycles. The first-order valence-electron chi connectivity index (χ1n) is 13.6. The van der Waals surface area contributed by atoms with Crippen LogP contribution in [-0.2, 0) is 47.6 Å². The van der Waals surface area contributed by atoms with Gasteiger partial charge in [0, 0.05) is 0 Å². The zero-order chi connectivity index (χ0) is 27.3. The van der Waals surface area contributed by atoms with Gasteiger partial charge in [-0.1, -0.05) is 33.1 Å². The van der Waals surface area contributed by atoms with Crippen LogP contribution in [0.15, 0.2) is 0 Å². The average Bonchev–Trinajstić information content (AvgIpc) is 3.59. The van der Waals surface area contributed by atoms with Crippen LogP contribution in [0.4, 0.5) is 0 Å². The lowest BCUT2D eigenvalue weighted by atomic mass is 9.53. The Morgan fingerprint density at radius 1 is 1.08 bits per heavy atom. The molecule has 2 spiro atoms. The summed E-state index contributed by atoms with van der Waals surface area (Å²) in [6, 6.07) is 0. The predicted molar refractivity (Wildman–Crippen MR) is 122 cm³/mol. The predicted octanol–water partition coefficient (Wildman–Crippen LogP) is 0.142. The smallest absolute Gasteiger partial charge is 0.343 e. The molecule has 0 aromatic heterocycles. The number of hydrogen-bond donors (Lipinski definition) is 2. The van der Waals surface area contributed by atoms with Gasteiger partial charge in [-0.15, -0.1) is 0 Å². The van der Waals surface area contributed by atoms with E-state index >= 15 is 0 Å². The number of carbonyl (C=O) groups excluding carboxylic acids is 4. The highest BCUT2D eigenvalue weighted by Crippen LogP contribution is 2.83. The lowest BCUT2D eigenvalue weighted by Crippen LogP contribution is -2.67. The Balaban J connectivity index is 1.48. The van der Waals surface area contributed by atoms with Crippen molar-refractivity contribution in [2.24, 2.45) is 22.7 Å². The Kier molecular flexibility index (Phi) is 5.71. The van der Waals surface area contributed by atoms with Crippen LogP contribution in [0.2, 0.25) is 0 Å². The first-order chi connectivity index (χ1) is 18.1. The molecule has 38 heavy (non-hydrogen) atoms. The molecule has 0 amide bonds. The molecule has 4 heterocycles. The van der Waals surface area contributed by atoms with E-state index in [4.69, 9.17) is 28.4 Å². The molecule has 12 nitrogen and oxygen atoms in total. The van der Waals surface area contributed by atoms with E-state index in [0.29, 0.717) is 12.8 Å². The fourth-order valence-electron chi connectivity index (χ4n) is 8.71. The van der Waals surface area contributed by atoms with Crippen molar-refractivity contribution in [3.8, 4) is 0 Å². The van der Waals surface area contributed by atoms with E-state index in [-0.39, 0.29) is 13.0 Å². The summed E-state index contributed by atoms with van der Waals surface area (Å²) in [5.41, 5.74) is -7.73. The third-order valence-electron chi connectivity index (χ3n) is 10.1. The van der Waals surface area contributed by atoms with E-state index in [1.54, 1.807) is 0 Å². The van der Waals surface area contributed by atoms with E-state index in [1.807, 2.05) is 13.8 Å². The van der Waals surface area contributed by atoms with Crippen molar-refractivity contribution < 1.29 is 57.8 Å². The summed E-state index contributed by atoms with van der Waals surface area (Å²) in [6.07, 6.45) is -2.98. The molecule has 6 rings (SSSR count). The second-order valence-corrected chi connectivity index (χ2v) is 11.5. The van der Waals surface area contributed by atoms with Crippen LogP contribution in [0.3, 0.4) is 0 Å². The maximum atomic E-state index is 13.7. The molecule has 0 bridgehead atoms. The number of ether oxygens (including phenoxy) is 6. The molecular weight excluding hydrogens is 504 g/mol. The maximum absolute atomic E-state index is 13.7. The summed E-state index contributed by atoms with van der Waals surface area (Å²) in [6.45, 7) is 5.02. The van der Waals surface area contributed by atoms with Crippen molar-refractivity contribution in [3.05, 3.63) is 0 Å². The molecule has 4 saturated heterocycles. The standard InChI is InChI=1S/C26H34O12/c1-4-6-8-13-10-14-24-16(28)17-25(32,12(3)19(29)36-17)26(24,21(31)35-14)38-22-23(13,24)18(20(30)37-22)34-11-15(27)33-9-7-5-2/h12-14,16-18,22,28,32H,4-11H2,1-3H3/t12?,13-,14?,16-,17?,18-,22-,23?,24?,25+,26-/m1/s1. The Morgan fingerprint density at radius 3 is 2.53 bits per heavy atom. The van der Waals surface area contributed by atoms with Gasteiger partial charge in [-0.25, -0.2) is 14.4 Å². The first kappa shape index (κ1) is 26.0. The number of aliphatic hydroxyl groups excluding tert-OH is 1. The summed E-state index contributed by atoms with van der Waals surface area (Å²) in [5.74, 6) is -4.83. The fourth-order valence-corrected chi connectivity index (χ4v) is 8.71. The Labute approximate surface area is 219 Å². The van der Waals surface area contributed by atoms with Crippen molar-refractivity contribution in [1.82, 2.24) is 0 Å². The molecule has 12 heteroatoms. The van der Waals surface area contributed by atoms with Crippen molar-refractivity contribution in [3.63, 3.8) is 0 Å². The molecular formula is C26H34O12. The number of aliphatic hydroxyl groups is 2. The van der Waals surface area contributed by atoms with Gasteiger partial charge in [0.25, 0.3) is 0 Å². The maximum Gasteiger partial charge on any atom is 0.343 e. The fraction of sp³-hybridized carbons (Fsp3) is 0.846. The highest BCUT2D eigenvalue weighted by molar-refractivity contribution is 5.94. The van der Waals surface area contributed by atoms with Crippen molar-refractivity contribution in [2.45, 2.75) is 101 Å². The van der Waals surface area contributed by atoms with Gasteiger partial charge in [0.2, 0.25) is 11.9 Å². The van der Waals surface area contributed by atoms with Crippen molar-refractivity contribution >= 4 is 23.9 Å². The summed E-state index contributed by atoms with van der Waals surface area (Å²) >= 11 is 0. The van der Waals surface area contributed by atoms with Gasteiger partial charge in [-0.3, -0.25) is 4.79 Å². The molecule has 2 N–H and O–H groups in total. The molecule has 210 valence electrons. The molecule has 2 aliphatic carbocycles. The first-order valence-corrected chi connectivity index (χ1v) is 13.6. The normalized spacial score (nSPS) is 49.3. The van der Waals surface area contributed by atoms with Gasteiger partial charge in [-0.2, -0.15) is 0 Å². The third kappa shape index (κ3) is 2.52. The van der Waals surface area contributed by atoms with Gasteiger partial charge in [-0.05, 0) is 32.1 Å². The van der Waals surface area contributed by atoms with Crippen LogP contribution in [0.5, 0.6) is 0 Å². The lowest BCUT2D eigenvalue weighted by Gasteiger charge is -2.45. The Hall–Kier alpha value is -2.28. The molecule has 6 fully saturated rings. The minimum absolute atomic E-state index is 0.206. The molecule has 4 aliphatic heterocycles. The van der Waals surface area contributed by atoms with Gasteiger partial charge in [0.15, 0.2) is 17.8 Å². The van der Waals surface area contributed by atoms with Crippen LogP contribution in [0, 0.1) is 22.7 Å². The highest BCUT2D eigenvalue weighted by Gasteiger charge is 3.03. The van der Waals surface area contributed by atoms with E-state index in [1.165, 1.54) is 6.92 Å². The highest BCUT2D eigenvalue weighted by atomic mass is 16.8. The second-order valence-electron chi connectivity index (χ2n) is 11.5. The number of esters is 4. The van der Waals surface area contributed by atoms with Crippen LogP contribution in [-0.4, -0.2) is 89.2 Å². The zero-order valence-electron chi connectivity index (χ0n) is 21.7. The Bertz CT molecular complexity index is 1080. The number of rotatable bonds is 9. The number of fused-ring (bicyclic) bond motifs is 1. The van der Waals surface area contributed by atoms with E-state index < -0.39 is 95.1 Å². The van der Waals surface area contributed by atoms with E-state index in [0.717, 1.165) is 19.3 Å². The van der Waals surface area contributed by atoms with Crippen LogP contribution in [0.1, 0.15) is 59.3 Å². The van der Waals surface area contributed by atoms with Gasteiger partial charge in [0.05, 0.1) is 23.4 Å². The van der Waals surface area contributed by atoms with Gasteiger partial charge in [0.1, 0.15) is 18.8 Å². The van der Waals surface area contributed by atoms with Gasteiger partial charge >= 0.3 is 23.9 Å². The monoisotopic (exact) mass is 538 g/mol. The summed E-state index contributed by atoms with van der Waals surface area (Å²) in [5, 5.41) is 24.1. The lowest BCUT2D eigenvalue weighted by molar-refractivity contribution is -0.239. The summed E-state index contributed by atoms with van der Waals surface area (Å²) in [4.78, 5) is 52.0. The molecule has 5 unspecified atom stereocenters. The van der Waals surface area contributed by atoms with Gasteiger partial charge < -0.3 is 38.6 Å². The zero-order valence-corrected chi connectivity index (χ0v) is 21.7. The van der Waals surface area contributed by atoms with E-state index in [2.05, 4.69) is 0 Å². The Morgan fingerprint density at radius 2 is 1.82 bits per heavy atom. The molecule has 0 aromatic rings. The molecule has 2 saturated carbocycles. The molecule has 0 radical (unpaired) electrons. The van der Waals surface area contributed by atoms with E-state index in [9.17, 15) is 29.4 Å². The van der Waals surface area contributed by atoms with Crippen molar-refractivity contribution in [2.75, 3.05) is 13.2 Å². The van der Waals surface area contributed by atoms with Crippen LogP contribution < -0.4 is 0 Å². The minimum atomic E-state index is -2.28. The summed E-state index contributed by atoms with van der Waals surface area (Å²) < 4.78 is 34.4. The largest absolute Gasteiger partial charge is 0.464 e.